The molecule has 1 unspecified atom stereocenters. The molecular formula is C23H25ClFN5O3. The highest BCUT2D eigenvalue weighted by atomic mass is 35.5. The number of nitrogens with zero attached hydrogens (tertiary/aromatic N) is 2. The Morgan fingerprint density at radius 1 is 1.15 bits per heavy atom. The van der Waals surface area contributed by atoms with Gasteiger partial charge in [-0.05, 0) is 29.2 Å². The molecule has 0 saturated heterocycles. The lowest BCUT2D eigenvalue weighted by Crippen LogP contribution is -2.54. The summed E-state index contributed by atoms with van der Waals surface area (Å²) in [6, 6.07) is 10.1. The van der Waals surface area contributed by atoms with Crippen molar-refractivity contribution in [3.05, 3.63) is 64.6 Å². The number of hydrogen-bond acceptors (Lipinski definition) is 4. The van der Waals surface area contributed by atoms with E-state index in [1.165, 1.54) is 12.1 Å². The fourth-order valence-corrected chi connectivity index (χ4v) is 3.66. The molecule has 0 aliphatic heterocycles. The molecule has 0 aliphatic carbocycles. The lowest BCUT2D eigenvalue weighted by molar-refractivity contribution is -0.128. The Bertz CT molecular complexity index is 1200. The number of nitrogens with one attached hydrogen (secondary N) is 2. The van der Waals surface area contributed by atoms with Gasteiger partial charge in [-0.2, -0.15) is 5.10 Å². The minimum atomic E-state index is -0.958. The predicted molar refractivity (Wildman–Crippen MR) is 123 cm³/mol. The molecule has 1 atom stereocenters. The summed E-state index contributed by atoms with van der Waals surface area (Å²) in [5, 5.41) is 10.5. The molecule has 1 heterocycles. The van der Waals surface area contributed by atoms with Gasteiger partial charge in [0, 0.05) is 5.39 Å². The number of amides is 3. The molecule has 0 saturated carbocycles. The molecule has 10 heteroatoms. The van der Waals surface area contributed by atoms with Gasteiger partial charge in [-0.25, -0.2) is 4.39 Å². The van der Waals surface area contributed by atoms with Crippen molar-refractivity contribution < 1.29 is 18.8 Å². The molecule has 4 N–H and O–H groups in total. The van der Waals surface area contributed by atoms with Gasteiger partial charge in [0.1, 0.15) is 11.9 Å². The fourth-order valence-electron chi connectivity index (χ4n) is 3.39. The van der Waals surface area contributed by atoms with Crippen molar-refractivity contribution in [1.29, 1.82) is 0 Å². The van der Waals surface area contributed by atoms with Crippen LogP contribution in [0.2, 0.25) is 5.02 Å². The molecule has 3 rings (SSSR count). The number of primary amides is 1. The second kappa shape index (κ2) is 9.58. The molecule has 3 aromatic rings. The van der Waals surface area contributed by atoms with Crippen molar-refractivity contribution in [2.75, 3.05) is 6.54 Å². The van der Waals surface area contributed by atoms with E-state index in [0.29, 0.717) is 15.9 Å². The predicted octanol–water partition coefficient (Wildman–Crippen LogP) is 2.62. The van der Waals surface area contributed by atoms with Crippen LogP contribution in [0.15, 0.2) is 42.5 Å². The molecular weight excluding hydrogens is 449 g/mol. The van der Waals surface area contributed by atoms with Crippen molar-refractivity contribution in [1.82, 2.24) is 20.4 Å². The maximum atomic E-state index is 13.3. The summed E-state index contributed by atoms with van der Waals surface area (Å²) in [7, 11) is 0. The summed E-state index contributed by atoms with van der Waals surface area (Å²) in [4.78, 5) is 36.9. The van der Waals surface area contributed by atoms with E-state index in [1.54, 1.807) is 55.8 Å². The van der Waals surface area contributed by atoms with Crippen LogP contribution in [0.5, 0.6) is 0 Å². The summed E-state index contributed by atoms with van der Waals surface area (Å²) < 4.78 is 14.8. The van der Waals surface area contributed by atoms with Crippen LogP contribution < -0.4 is 16.4 Å². The van der Waals surface area contributed by atoms with Gasteiger partial charge < -0.3 is 16.4 Å². The normalized spacial score (nSPS) is 12.4. The number of para-hydroxylation sites is 1. The number of hydrogen-bond donors (Lipinski definition) is 3. The number of nitrogens with two attached hydrogens (primary N) is 1. The van der Waals surface area contributed by atoms with Gasteiger partial charge in [0.25, 0.3) is 5.91 Å². The average Bonchev–Trinajstić information content (AvgIpc) is 3.10. The van der Waals surface area contributed by atoms with Crippen molar-refractivity contribution in [2.24, 2.45) is 11.1 Å². The summed E-state index contributed by atoms with van der Waals surface area (Å²) >= 11 is 6.41. The first-order chi connectivity index (χ1) is 15.5. The van der Waals surface area contributed by atoms with Gasteiger partial charge in [0.15, 0.2) is 5.69 Å². The van der Waals surface area contributed by atoms with Gasteiger partial charge in [0.2, 0.25) is 11.8 Å². The van der Waals surface area contributed by atoms with Gasteiger partial charge in [-0.15, -0.1) is 0 Å². The third-order valence-electron chi connectivity index (χ3n) is 5.02. The smallest absolute Gasteiger partial charge is 0.273 e. The summed E-state index contributed by atoms with van der Waals surface area (Å²) in [5.41, 5.74) is 5.84. The highest BCUT2D eigenvalue weighted by Gasteiger charge is 2.34. The molecule has 0 fully saturated rings. The fraction of sp³-hybridized carbons (Fsp3) is 0.304. The van der Waals surface area contributed by atoms with E-state index >= 15 is 0 Å². The Morgan fingerprint density at radius 3 is 2.42 bits per heavy atom. The van der Waals surface area contributed by atoms with Gasteiger partial charge in [-0.1, -0.05) is 56.6 Å². The number of carbonyl (C=O) groups excluding carboxylic acids is 3. The van der Waals surface area contributed by atoms with E-state index in [-0.39, 0.29) is 24.6 Å². The molecule has 1 aromatic heterocycles. The average molecular weight is 474 g/mol. The Balaban J connectivity index is 1.95. The first-order valence-corrected chi connectivity index (χ1v) is 10.6. The first kappa shape index (κ1) is 24.2. The van der Waals surface area contributed by atoms with Crippen LogP contribution in [0.3, 0.4) is 0 Å². The second-order valence-corrected chi connectivity index (χ2v) is 9.13. The highest BCUT2D eigenvalue weighted by molar-refractivity contribution is 6.35. The lowest BCUT2D eigenvalue weighted by Gasteiger charge is -2.30. The number of halogens is 2. The molecule has 0 radical (unpaired) electrons. The van der Waals surface area contributed by atoms with E-state index in [9.17, 15) is 18.8 Å². The molecule has 0 aliphatic rings. The zero-order chi connectivity index (χ0) is 24.3. The number of fused-ring (bicyclic) bond motifs is 1. The van der Waals surface area contributed by atoms with E-state index in [0.717, 1.165) is 5.56 Å². The van der Waals surface area contributed by atoms with Crippen molar-refractivity contribution in [3.8, 4) is 0 Å². The van der Waals surface area contributed by atoms with Gasteiger partial charge in [-0.3, -0.25) is 19.1 Å². The summed E-state index contributed by atoms with van der Waals surface area (Å²) in [6.07, 6.45) is 0. The topological polar surface area (TPSA) is 119 Å². The van der Waals surface area contributed by atoms with Crippen LogP contribution >= 0.6 is 11.6 Å². The van der Waals surface area contributed by atoms with Crippen LogP contribution in [0.25, 0.3) is 10.9 Å². The molecule has 2 aromatic carbocycles. The minimum absolute atomic E-state index is 0.0894. The maximum absolute atomic E-state index is 13.3. The molecule has 0 spiro atoms. The van der Waals surface area contributed by atoms with Crippen LogP contribution in [-0.4, -0.2) is 40.1 Å². The molecule has 3 amide bonds. The van der Waals surface area contributed by atoms with E-state index in [2.05, 4.69) is 15.7 Å². The Labute approximate surface area is 195 Å². The number of carbonyl (C=O) groups is 3. The Morgan fingerprint density at radius 2 is 1.82 bits per heavy atom. The Hall–Kier alpha value is -3.46. The van der Waals surface area contributed by atoms with Gasteiger partial charge in [0.05, 0.1) is 23.6 Å². The largest absolute Gasteiger partial charge is 0.368 e. The number of rotatable bonds is 7. The monoisotopic (exact) mass is 473 g/mol. The summed E-state index contributed by atoms with van der Waals surface area (Å²) in [6.45, 7) is 5.26. The van der Waals surface area contributed by atoms with Crippen LogP contribution in [0.4, 0.5) is 4.39 Å². The highest BCUT2D eigenvalue weighted by Crippen LogP contribution is 2.28. The number of benzene rings is 2. The minimum Gasteiger partial charge on any atom is -0.368 e. The molecule has 0 bridgehead atoms. The zero-order valence-electron chi connectivity index (χ0n) is 18.5. The van der Waals surface area contributed by atoms with Crippen molar-refractivity contribution in [3.63, 3.8) is 0 Å². The van der Waals surface area contributed by atoms with E-state index < -0.39 is 29.2 Å². The van der Waals surface area contributed by atoms with Crippen LogP contribution in [0, 0.1) is 11.2 Å². The molecule has 174 valence electrons. The van der Waals surface area contributed by atoms with E-state index in [4.69, 9.17) is 17.3 Å². The third-order valence-corrected chi connectivity index (χ3v) is 5.33. The number of aromatic nitrogens is 2. The SMILES string of the molecule is CC(C)(C)C(NC(=O)c1nn(Cc2ccc(F)cc2)c2c(Cl)cccc12)C(=O)NCC(N)=O. The summed E-state index contributed by atoms with van der Waals surface area (Å²) in [5.74, 6) is -2.16. The first-order valence-electron chi connectivity index (χ1n) is 10.2. The van der Waals surface area contributed by atoms with Crippen molar-refractivity contribution >= 4 is 40.2 Å². The van der Waals surface area contributed by atoms with E-state index in [1.807, 2.05) is 0 Å². The Kier molecular flexibility index (Phi) is 7.02. The van der Waals surface area contributed by atoms with Crippen molar-refractivity contribution in [2.45, 2.75) is 33.4 Å². The zero-order valence-corrected chi connectivity index (χ0v) is 19.2. The third kappa shape index (κ3) is 5.67. The van der Waals surface area contributed by atoms with Crippen LogP contribution in [-0.2, 0) is 16.1 Å². The van der Waals surface area contributed by atoms with Crippen LogP contribution in [0.1, 0.15) is 36.8 Å². The molecule has 8 nitrogen and oxygen atoms in total. The van der Waals surface area contributed by atoms with Gasteiger partial charge >= 0.3 is 0 Å². The maximum Gasteiger partial charge on any atom is 0.273 e. The lowest BCUT2D eigenvalue weighted by atomic mass is 9.86. The molecule has 33 heavy (non-hydrogen) atoms. The second-order valence-electron chi connectivity index (χ2n) is 8.73. The quantitative estimate of drug-likeness (QED) is 0.488. The standard InChI is InChI=1S/C23H25ClFN5O3/c1-23(2,3)20(22(33)27-11-17(26)31)28-21(32)18-15-5-4-6-16(24)19(15)30(29-18)12-13-7-9-14(25)10-8-13/h4-10,20H,11-12H2,1-3H3,(H2,26,31)(H,27,33)(H,28,32).